The summed E-state index contributed by atoms with van der Waals surface area (Å²) in [4.78, 5) is 16.3. The van der Waals surface area contributed by atoms with Crippen LogP contribution in [0.25, 0.3) is 23.1 Å². The molecule has 1 fully saturated rings. The summed E-state index contributed by atoms with van der Waals surface area (Å²) in [6, 6.07) is 26.2. The van der Waals surface area contributed by atoms with Crippen LogP contribution in [0, 0.1) is 5.41 Å². The van der Waals surface area contributed by atoms with E-state index in [1.807, 2.05) is 66.4 Å². The van der Waals surface area contributed by atoms with Crippen molar-refractivity contribution in [2.45, 2.75) is 49.9 Å². The predicted octanol–water partition coefficient (Wildman–Crippen LogP) is 8.55. The van der Waals surface area contributed by atoms with E-state index in [-0.39, 0.29) is 30.5 Å². The van der Waals surface area contributed by atoms with E-state index in [1.54, 1.807) is 14.0 Å². The standard InChI is InChI=1S/C37H40ClNO5S/c1-36(42,23-44-25-43-2)32-9-4-3-7-27(32)13-17-34(45-24-37(18-19-37)22-35(40)41)29-8-5-6-26(20-29)10-15-31-16-12-28-11-14-30(38)21-33(28)39-31/h3-12,14-16,20-21,34,42H,13,17-19,22-25H2,1-2H3,(H,40,41). The minimum absolute atomic E-state index is 0.114. The first-order chi connectivity index (χ1) is 21.7. The Bertz CT molecular complexity index is 1650. The minimum Gasteiger partial charge on any atom is -0.481 e. The quantitative estimate of drug-likeness (QED) is 0.0932. The number of aliphatic hydroxyl groups is 1. The zero-order chi connectivity index (χ0) is 31.9. The van der Waals surface area contributed by atoms with Crippen molar-refractivity contribution in [3.63, 3.8) is 0 Å². The van der Waals surface area contributed by atoms with Crippen LogP contribution in [0.3, 0.4) is 0 Å². The third-order valence-electron chi connectivity index (χ3n) is 8.34. The van der Waals surface area contributed by atoms with Crippen LogP contribution < -0.4 is 0 Å². The lowest BCUT2D eigenvalue weighted by molar-refractivity contribution is -0.138. The van der Waals surface area contributed by atoms with Gasteiger partial charge in [-0.15, -0.1) is 0 Å². The molecule has 0 amide bonds. The topological polar surface area (TPSA) is 88.9 Å². The highest BCUT2D eigenvalue weighted by Crippen LogP contribution is 2.53. The van der Waals surface area contributed by atoms with E-state index >= 15 is 0 Å². The van der Waals surface area contributed by atoms with Crippen molar-refractivity contribution in [1.82, 2.24) is 4.98 Å². The SMILES string of the molecule is COCOCC(C)(O)c1ccccc1CCC(SCC1(CC(=O)O)CC1)c1cccc(C=Cc2ccc3ccc(Cl)cc3n2)c1. The van der Waals surface area contributed by atoms with Gasteiger partial charge >= 0.3 is 5.97 Å². The average molecular weight is 646 g/mol. The molecule has 3 aromatic carbocycles. The van der Waals surface area contributed by atoms with Gasteiger partial charge in [-0.3, -0.25) is 4.79 Å². The molecule has 1 aliphatic rings. The van der Waals surface area contributed by atoms with Gasteiger partial charge in [0.1, 0.15) is 12.4 Å². The molecule has 1 aliphatic carbocycles. The minimum atomic E-state index is -1.16. The molecule has 5 rings (SSSR count). The fourth-order valence-corrected chi connectivity index (χ4v) is 7.42. The summed E-state index contributed by atoms with van der Waals surface area (Å²) in [5.74, 6) is 0.0749. The number of carboxylic acid groups (broad SMARTS) is 1. The molecule has 0 radical (unpaired) electrons. The van der Waals surface area contributed by atoms with Gasteiger partial charge in [-0.05, 0) is 84.6 Å². The third kappa shape index (κ3) is 9.18. The molecular weight excluding hydrogens is 606 g/mol. The Morgan fingerprint density at radius 2 is 1.89 bits per heavy atom. The van der Waals surface area contributed by atoms with Gasteiger partial charge in [0.25, 0.3) is 0 Å². The molecule has 0 aliphatic heterocycles. The number of pyridine rings is 1. The number of aryl methyl sites for hydroxylation is 1. The molecule has 8 heteroatoms. The number of halogens is 1. The van der Waals surface area contributed by atoms with Gasteiger partial charge in [0.05, 0.1) is 24.2 Å². The molecule has 6 nitrogen and oxygen atoms in total. The first-order valence-corrected chi connectivity index (χ1v) is 16.6. The van der Waals surface area contributed by atoms with Crippen molar-refractivity contribution < 1.29 is 24.5 Å². The molecule has 1 saturated carbocycles. The Morgan fingerprint density at radius 3 is 2.67 bits per heavy atom. The highest BCUT2D eigenvalue weighted by Gasteiger charge is 2.44. The summed E-state index contributed by atoms with van der Waals surface area (Å²) in [6.45, 7) is 2.01. The zero-order valence-electron chi connectivity index (χ0n) is 25.7. The predicted molar refractivity (Wildman–Crippen MR) is 183 cm³/mol. The second-order valence-electron chi connectivity index (χ2n) is 12.2. The smallest absolute Gasteiger partial charge is 0.303 e. The Labute approximate surface area is 274 Å². The van der Waals surface area contributed by atoms with Crippen molar-refractivity contribution in [3.05, 3.63) is 112 Å². The molecular formula is C37H40ClNO5S. The van der Waals surface area contributed by atoms with E-state index in [0.717, 1.165) is 64.7 Å². The van der Waals surface area contributed by atoms with Crippen LogP contribution in [0.5, 0.6) is 0 Å². The van der Waals surface area contributed by atoms with Gasteiger partial charge in [-0.1, -0.05) is 78.3 Å². The molecule has 2 N–H and O–H groups in total. The molecule has 0 saturated heterocycles. The van der Waals surface area contributed by atoms with E-state index in [4.69, 9.17) is 26.1 Å². The lowest BCUT2D eigenvalue weighted by Crippen LogP contribution is -2.29. The first-order valence-electron chi connectivity index (χ1n) is 15.2. The lowest BCUT2D eigenvalue weighted by Gasteiger charge is -2.27. The van der Waals surface area contributed by atoms with Crippen molar-refractivity contribution in [2.75, 3.05) is 26.3 Å². The Kier molecular flexibility index (Phi) is 11.0. The maximum absolute atomic E-state index is 11.6. The highest BCUT2D eigenvalue weighted by molar-refractivity contribution is 7.99. The van der Waals surface area contributed by atoms with Crippen LogP contribution in [-0.4, -0.2) is 47.4 Å². The van der Waals surface area contributed by atoms with Crippen LogP contribution in [0.1, 0.15) is 65.8 Å². The molecule has 45 heavy (non-hydrogen) atoms. The Hall–Kier alpha value is -3.20. The molecule has 4 aromatic rings. The summed E-state index contributed by atoms with van der Waals surface area (Å²) >= 11 is 8.03. The normalized spacial score (nSPS) is 16.1. The van der Waals surface area contributed by atoms with Crippen LogP contribution in [0.15, 0.2) is 78.9 Å². The van der Waals surface area contributed by atoms with E-state index in [2.05, 4.69) is 36.4 Å². The number of hydrogen-bond acceptors (Lipinski definition) is 6. The van der Waals surface area contributed by atoms with E-state index < -0.39 is 11.6 Å². The van der Waals surface area contributed by atoms with Crippen LogP contribution in [0.2, 0.25) is 5.02 Å². The molecule has 0 spiro atoms. The number of rotatable bonds is 16. The van der Waals surface area contributed by atoms with Gasteiger partial charge in [0.15, 0.2) is 0 Å². The second kappa shape index (κ2) is 14.9. The summed E-state index contributed by atoms with van der Waals surface area (Å²) in [5.41, 5.74) is 4.60. The second-order valence-corrected chi connectivity index (χ2v) is 13.8. The molecule has 1 heterocycles. The van der Waals surface area contributed by atoms with Crippen molar-refractivity contribution in [1.29, 1.82) is 0 Å². The fourth-order valence-electron chi connectivity index (χ4n) is 5.69. The summed E-state index contributed by atoms with van der Waals surface area (Å²) < 4.78 is 10.5. The van der Waals surface area contributed by atoms with Crippen LogP contribution in [0.4, 0.5) is 0 Å². The number of fused-ring (bicyclic) bond motifs is 1. The molecule has 2 atom stereocenters. The van der Waals surface area contributed by atoms with Gasteiger partial charge in [0.2, 0.25) is 0 Å². The van der Waals surface area contributed by atoms with E-state index in [1.165, 1.54) is 5.56 Å². The monoisotopic (exact) mass is 645 g/mol. The van der Waals surface area contributed by atoms with Gasteiger partial charge in [0, 0.05) is 28.5 Å². The number of benzene rings is 3. The summed E-state index contributed by atoms with van der Waals surface area (Å²) in [5, 5.41) is 22.6. The molecule has 1 aromatic heterocycles. The number of carbonyl (C=O) groups is 1. The zero-order valence-corrected chi connectivity index (χ0v) is 27.3. The highest BCUT2D eigenvalue weighted by atomic mass is 35.5. The van der Waals surface area contributed by atoms with Gasteiger partial charge in [-0.2, -0.15) is 11.8 Å². The maximum atomic E-state index is 11.6. The fraction of sp³-hybridized carbons (Fsp3) is 0.351. The van der Waals surface area contributed by atoms with E-state index in [0.29, 0.717) is 5.02 Å². The number of aromatic nitrogens is 1. The number of hydrogen-bond donors (Lipinski definition) is 2. The van der Waals surface area contributed by atoms with Gasteiger partial charge in [-0.25, -0.2) is 4.98 Å². The third-order valence-corrected chi connectivity index (χ3v) is 10.3. The summed E-state index contributed by atoms with van der Waals surface area (Å²) in [6.07, 6.45) is 7.80. The summed E-state index contributed by atoms with van der Waals surface area (Å²) in [7, 11) is 1.56. The Balaban J connectivity index is 1.36. The molecule has 236 valence electrons. The molecule has 0 bridgehead atoms. The number of ether oxygens (including phenoxy) is 2. The number of carboxylic acids is 1. The number of aliphatic carboxylic acids is 1. The van der Waals surface area contributed by atoms with Gasteiger partial charge < -0.3 is 19.7 Å². The van der Waals surface area contributed by atoms with Crippen LogP contribution >= 0.6 is 23.4 Å². The van der Waals surface area contributed by atoms with Crippen molar-refractivity contribution in [3.8, 4) is 0 Å². The van der Waals surface area contributed by atoms with E-state index in [9.17, 15) is 15.0 Å². The van der Waals surface area contributed by atoms with Crippen molar-refractivity contribution in [2.24, 2.45) is 5.41 Å². The number of nitrogens with zero attached hydrogens (tertiary/aromatic N) is 1. The largest absolute Gasteiger partial charge is 0.481 e. The maximum Gasteiger partial charge on any atom is 0.303 e. The first kappa shape index (κ1) is 33.2. The lowest BCUT2D eigenvalue weighted by atomic mass is 9.89. The van der Waals surface area contributed by atoms with Crippen molar-refractivity contribution >= 4 is 52.4 Å². The average Bonchev–Trinajstić information content (AvgIpc) is 3.78. The van der Waals surface area contributed by atoms with Crippen LogP contribution in [-0.2, 0) is 26.3 Å². The number of thioether (sulfide) groups is 1. The number of methoxy groups -OCH3 is 1. The Morgan fingerprint density at radius 1 is 1.09 bits per heavy atom. The molecule has 2 unspecified atom stereocenters.